The third-order valence-corrected chi connectivity index (χ3v) is 3.92. The molecule has 0 radical (unpaired) electrons. The summed E-state index contributed by atoms with van der Waals surface area (Å²) in [5.74, 6) is 1.45. The summed E-state index contributed by atoms with van der Waals surface area (Å²) < 4.78 is 10.9. The van der Waals surface area contributed by atoms with Crippen molar-refractivity contribution in [1.82, 2.24) is 5.32 Å². The van der Waals surface area contributed by atoms with Crippen LogP contribution in [0, 0.1) is 0 Å². The molecule has 1 aliphatic rings. The Hall–Kier alpha value is -0.930. The Labute approximate surface area is 120 Å². The molecule has 1 N–H and O–H groups in total. The highest BCUT2D eigenvalue weighted by Gasteiger charge is 2.16. The van der Waals surface area contributed by atoms with Gasteiger partial charge in [-0.2, -0.15) is 0 Å². The summed E-state index contributed by atoms with van der Waals surface area (Å²) in [7, 11) is 1.65. The average Bonchev–Trinajstić information content (AvgIpc) is 2.91. The molecule has 1 fully saturated rings. The molecule has 0 aliphatic heterocycles. The number of hydrogen-bond acceptors (Lipinski definition) is 3. The summed E-state index contributed by atoms with van der Waals surface area (Å²) in [6, 6.07) is 4.44. The first-order chi connectivity index (χ1) is 9.24. The second kappa shape index (κ2) is 7.01. The molecule has 3 nitrogen and oxygen atoms in total. The molecule has 1 saturated carbocycles. The lowest BCUT2D eigenvalue weighted by Gasteiger charge is -2.15. The fourth-order valence-corrected chi connectivity index (χ4v) is 2.75. The fraction of sp³-hybridized carbons (Fsp3) is 0.600. The number of benzene rings is 1. The zero-order valence-electron chi connectivity index (χ0n) is 11.7. The van der Waals surface area contributed by atoms with Gasteiger partial charge in [0.1, 0.15) is 0 Å². The number of rotatable bonds is 6. The van der Waals surface area contributed by atoms with Crippen LogP contribution in [0.1, 0.15) is 38.2 Å². The Balaban J connectivity index is 2.06. The van der Waals surface area contributed by atoms with Gasteiger partial charge in [0.15, 0.2) is 11.5 Å². The summed E-state index contributed by atoms with van der Waals surface area (Å²) in [4.78, 5) is 0. The van der Waals surface area contributed by atoms with E-state index in [-0.39, 0.29) is 0 Å². The maximum Gasteiger partial charge on any atom is 0.162 e. The molecule has 0 spiro atoms. The summed E-state index contributed by atoms with van der Waals surface area (Å²) in [5, 5.41) is 4.29. The standard InChI is InChI=1S/C15H22ClNO2/c1-3-19-15-9-13(16)11(8-14(15)18-2)10-17-12-6-4-5-7-12/h8-9,12,17H,3-7,10H2,1-2H3. The Bertz CT molecular complexity index is 417. The van der Waals surface area contributed by atoms with E-state index >= 15 is 0 Å². The van der Waals surface area contributed by atoms with Gasteiger partial charge in [0.2, 0.25) is 0 Å². The lowest BCUT2D eigenvalue weighted by molar-refractivity contribution is 0.310. The van der Waals surface area contributed by atoms with Gasteiger partial charge in [-0.1, -0.05) is 24.4 Å². The van der Waals surface area contributed by atoms with Crippen LogP contribution < -0.4 is 14.8 Å². The number of hydrogen-bond donors (Lipinski definition) is 1. The molecule has 0 bridgehead atoms. The minimum Gasteiger partial charge on any atom is -0.493 e. The van der Waals surface area contributed by atoms with Crippen LogP contribution in [0.3, 0.4) is 0 Å². The number of methoxy groups -OCH3 is 1. The quantitative estimate of drug-likeness (QED) is 0.862. The van der Waals surface area contributed by atoms with Crippen LogP contribution in [0.2, 0.25) is 5.02 Å². The average molecular weight is 284 g/mol. The molecule has 4 heteroatoms. The van der Waals surface area contributed by atoms with Crippen molar-refractivity contribution >= 4 is 11.6 Å². The van der Waals surface area contributed by atoms with Gasteiger partial charge in [-0.25, -0.2) is 0 Å². The van der Waals surface area contributed by atoms with E-state index in [9.17, 15) is 0 Å². The van der Waals surface area contributed by atoms with Crippen molar-refractivity contribution < 1.29 is 9.47 Å². The predicted molar refractivity (Wildman–Crippen MR) is 78.3 cm³/mol. The van der Waals surface area contributed by atoms with Gasteiger partial charge < -0.3 is 14.8 Å². The first kappa shape index (κ1) is 14.5. The zero-order valence-corrected chi connectivity index (χ0v) is 12.4. The van der Waals surface area contributed by atoms with Crippen LogP contribution in [0.25, 0.3) is 0 Å². The van der Waals surface area contributed by atoms with Crippen LogP contribution >= 0.6 is 11.6 Å². The lowest BCUT2D eigenvalue weighted by atomic mass is 10.1. The number of nitrogens with one attached hydrogen (secondary N) is 1. The van der Waals surface area contributed by atoms with Crippen molar-refractivity contribution in [3.8, 4) is 11.5 Å². The molecule has 0 amide bonds. The molecular formula is C15H22ClNO2. The Morgan fingerprint density at radius 1 is 1.26 bits per heavy atom. The Morgan fingerprint density at radius 2 is 2.00 bits per heavy atom. The van der Waals surface area contributed by atoms with E-state index in [1.165, 1.54) is 25.7 Å². The van der Waals surface area contributed by atoms with Crippen LogP contribution in [-0.4, -0.2) is 19.8 Å². The molecule has 1 aromatic rings. The first-order valence-corrected chi connectivity index (χ1v) is 7.35. The van der Waals surface area contributed by atoms with E-state index in [4.69, 9.17) is 21.1 Å². The third kappa shape index (κ3) is 3.77. The predicted octanol–water partition coefficient (Wildman–Crippen LogP) is 3.78. The number of halogens is 1. The van der Waals surface area contributed by atoms with Gasteiger partial charge in [-0.3, -0.25) is 0 Å². The van der Waals surface area contributed by atoms with Crippen molar-refractivity contribution in [3.05, 3.63) is 22.7 Å². The van der Waals surface area contributed by atoms with Gasteiger partial charge in [0, 0.05) is 23.7 Å². The van der Waals surface area contributed by atoms with E-state index in [0.717, 1.165) is 22.9 Å². The van der Waals surface area contributed by atoms with E-state index < -0.39 is 0 Å². The molecule has 0 aromatic heterocycles. The number of ether oxygens (including phenoxy) is 2. The Kier molecular flexibility index (Phi) is 5.34. The molecule has 0 saturated heterocycles. The maximum atomic E-state index is 6.30. The van der Waals surface area contributed by atoms with E-state index in [1.807, 2.05) is 19.1 Å². The van der Waals surface area contributed by atoms with E-state index in [1.54, 1.807) is 7.11 Å². The zero-order chi connectivity index (χ0) is 13.7. The summed E-state index contributed by atoms with van der Waals surface area (Å²) in [6.45, 7) is 3.33. The highest BCUT2D eigenvalue weighted by molar-refractivity contribution is 6.31. The second-order valence-electron chi connectivity index (χ2n) is 4.89. The molecule has 2 rings (SSSR count). The van der Waals surface area contributed by atoms with Gasteiger partial charge in [-0.05, 0) is 31.4 Å². The molecule has 0 atom stereocenters. The monoisotopic (exact) mass is 283 g/mol. The molecule has 1 aromatic carbocycles. The SMILES string of the molecule is CCOc1cc(Cl)c(CNC2CCCC2)cc1OC. The molecule has 0 unspecified atom stereocenters. The normalized spacial score (nSPS) is 15.7. The van der Waals surface area contributed by atoms with Crippen molar-refractivity contribution in [2.75, 3.05) is 13.7 Å². The smallest absolute Gasteiger partial charge is 0.162 e. The van der Waals surface area contributed by atoms with Gasteiger partial charge in [0.05, 0.1) is 13.7 Å². The molecule has 0 heterocycles. The van der Waals surface area contributed by atoms with Crippen molar-refractivity contribution in [3.63, 3.8) is 0 Å². The molecular weight excluding hydrogens is 262 g/mol. The van der Waals surface area contributed by atoms with Crippen molar-refractivity contribution in [2.45, 2.75) is 45.2 Å². The summed E-state index contributed by atoms with van der Waals surface area (Å²) in [6.07, 6.45) is 5.20. The second-order valence-corrected chi connectivity index (χ2v) is 5.30. The van der Waals surface area contributed by atoms with Crippen LogP contribution in [0.4, 0.5) is 0 Å². The third-order valence-electron chi connectivity index (χ3n) is 3.57. The summed E-state index contributed by atoms with van der Waals surface area (Å²) in [5.41, 5.74) is 1.06. The van der Waals surface area contributed by atoms with E-state index in [2.05, 4.69) is 5.32 Å². The fourth-order valence-electron chi connectivity index (χ4n) is 2.52. The molecule has 106 valence electrons. The first-order valence-electron chi connectivity index (χ1n) is 6.97. The largest absolute Gasteiger partial charge is 0.493 e. The molecule has 19 heavy (non-hydrogen) atoms. The maximum absolute atomic E-state index is 6.30. The topological polar surface area (TPSA) is 30.5 Å². The van der Waals surface area contributed by atoms with Gasteiger partial charge >= 0.3 is 0 Å². The van der Waals surface area contributed by atoms with Crippen LogP contribution in [-0.2, 0) is 6.54 Å². The lowest BCUT2D eigenvalue weighted by Crippen LogP contribution is -2.25. The Morgan fingerprint density at radius 3 is 2.63 bits per heavy atom. The van der Waals surface area contributed by atoms with Gasteiger partial charge in [-0.15, -0.1) is 0 Å². The van der Waals surface area contributed by atoms with E-state index in [0.29, 0.717) is 18.4 Å². The highest BCUT2D eigenvalue weighted by atomic mass is 35.5. The van der Waals surface area contributed by atoms with Crippen LogP contribution in [0.5, 0.6) is 11.5 Å². The van der Waals surface area contributed by atoms with Crippen molar-refractivity contribution in [2.24, 2.45) is 0 Å². The van der Waals surface area contributed by atoms with Crippen LogP contribution in [0.15, 0.2) is 12.1 Å². The van der Waals surface area contributed by atoms with Gasteiger partial charge in [0.25, 0.3) is 0 Å². The van der Waals surface area contributed by atoms with Crippen molar-refractivity contribution in [1.29, 1.82) is 0 Å². The minimum atomic E-state index is 0.604. The summed E-state index contributed by atoms with van der Waals surface area (Å²) >= 11 is 6.30. The molecule has 1 aliphatic carbocycles. The minimum absolute atomic E-state index is 0.604. The highest BCUT2D eigenvalue weighted by Crippen LogP contribution is 2.33.